The van der Waals surface area contributed by atoms with E-state index in [0.717, 1.165) is 28.3 Å². The fourth-order valence-corrected chi connectivity index (χ4v) is 4.40. The Balaban J connectivity index is 1.59. The summed E-state index contributed by atoms with van der Waals surface area (Å²) in [6.07, 6.45) is 1.30. The molecule has 0 aliphatic rings. The Morgan fingerprint density at radius 2 is 1.90 bits per heavy atom. The van der Waals surface area contributed by atoms with E-state index in [1.54, 1.807) is 0 Å². The third-order valence-corrected chi connectivity index (χ3v) is 6.21. The molecule has 7 heteroatoms. The molecule has 30 heavy (non-hydrogen) atoms. The van der Waals surface area contributed by atoms with Crippen LogP contribution in [0.25, 0.3) is 11.3 Å². The van der Waals surface area contributed by atoms with Crippen LogP contribution in [0.3, 0.4) is 0 Å². The fraction of sp³-hybridized carbons (Fsp3) is 0.261. The number of anilines is 2. The monoisotopic (exact) mass is 439 g/mol. The molecule has 1 atom stereocenters. The quantitative estimate of drug-likeness (QED) is 0.424. The summed E-state index contributed by atoms with van der Waals surface area (Å²) in [5, 5.41) is 8.02. The van der Waals surface area contributed by atoms with E-state index >= 15 is 0 Å². The first-order valence-corrected chi connectivity index (χ1v) is 11.6. The molecule has 0 aliphatic carbocycles. The lowest BCUT2D eigenvalue weighted by Crippen LogP contribution is -2.22. The summed E-state index contributed by atoms with van der Waals surface area (Å²) in [6, 6.07) is 15.7. The van der Waals surface area contributed by atoms with Gasteiger partial charge in [-0.15, -0.1) is 23.1 Å². The first-order chi connectivity index (χ1) is 14.4. The van der Waals surface area contributed by atoms with Crippen molar-refractivity contribution in [1.29, 1.82) is 0 Å². The average Bonchev–Trinajstić information content (AvgIpc) is 3.17. The molecule has 1 heterocycles. The fourth-order valence-electron chi connectivity index (χ4n) is 2.75. The van der Waals surface area contributed by atoms with Crippen LogP contribution in [0, 0.1) is 6.92 Å². The molecule has 0 saturated heterocycles. The number of carbonyl (C=O) groups excluding carboxylic acids is 2. The number of thioether (sulfide) groups is 1. The highest BCUT2D eigenvalue weighted by Crippen LogP contribution is 2.28. The van der Waals surface area contributed by atoms with Crippen molar-refractivity contribution in [2.24, 2.45) is 0 Å². The van der Waals surface area contributed by atoms with Gasteiger partial charge < -0.3 is 10.6 Å². The third-order valence-electron chi connectivity index (χ3n) is 4.36. The lowest BCUT2D eigenvalue weighted by Gasteiger charge is -2.12. The SMILES string of the molecule is CCCC(=O)Nc1cccc(SC(C)C(=O)Nc2nc(-c3ccc(C)cc3)cs2)c1. The first-order valence-electron chi connectivity index (χ1n) is 9.84. The number of nitrogens with one attached hydrogen (secondary N) is 2. The Morgan fingerprint density at radius 3 is 2.63 bits per heavy atom. The molecule has 0 fully saturated rings. The molecule has 2 aromatic carbocycles. The number of benzene rings is 2. The van der Waals surface area contributed by atoms with Gasteiger partial charge in [-0.3, -0.25) is 9.59 Å². The molecule has 0 saturated carbocycles. The van der Waals surface area contributed by atoms with Crippen molar-refractivity contribution >= 4 is 45.7 Å². The Labute approximate surface area is 185 Å². The largest absolute Gasteiger partial charge is 0.326 e. The molecular formula is C23H25N3O2S2. The normalized spacial score (nSPS) is 11.7. The van der Waals surface area contributed by atoms with Gasteiger partial charge in [-0.25, -0.2) is 4.98 Å². The Morgan fingerprint density at radius 1 is 1.13 bits per heavy atom. The van der Waals surface area contributed by atoms with Gasteiger partial charge in [-0.2, -0.15) is 0 Å². The van der Waals surface area contributed by atoms with Crippen LogP contribution in [0.2, 0.25) is 0 Å². The molecule has 0 radical (unpaired) electrons. The Kier molecular flexibility index (Phi) is 7.65. The van der Waals surface area contributed by atoms with E-state index in [2.05, 4.69) is 15.6 Å². The van der Waals surface area contributed by atoms with Crippen LogP contribution in [0.1, 0.15) is 32.3 Å². The maximum atomic E-state index is 12.6. The number of hydrogen-bond donors (Lipinski definition) is 2. The summed E-state index contributed by atoms with van der Waals surface area (Å²) in [5.74, 6) is -0.108. The molecule has 3 rings (SSSR count). The molecule has 3 aromatic rings. The van der Waals surface area contributed by atoms with Gasteiger partial charge in [0, 0.05) is 27.9 Å². The minimum atomic E-state index is -0.307. The van der Waals surface area contributed by atoms with Crippen molar-refractivity contribution in [1.82, 2.24) is 4.98 Å². The number of nitrogens with zero attached hydrogens (tertiary/aromatic N) is 1. The van der Waals surface area contributed by atoms with Crippen LogP contribution < -0.4 is 10.6 Å². The molecule has 5 nitrogen and oxygen atoms in total. The molecule has 156 valence electrons. The zero-order valence-electron chi connectivity index (χ0n) is 17.3. The summed E-state index contributed by atoms with van der Waals surface area (Å²) in [7, 11) is 0. The number of amides is 2. The van der Waals surface area contributed by atoms with Gasteiger partial charge in [-0.1, -0.05) is 42.8 Å². The minimum Gasteiger partial charge on any atom is -0.326 e. The standard InChI is InChI=1S/C23H25N3O2S2/c1-4-6-21(27)24-18-7-5-8-19(13-18)30-16(3)22(28)26-23-25-20(14-29-23)17-11-9-15(2)10-12-17/h5,7-14,16H,4,6H2,1-3H3,(H,24,27)(H,25,26,28). The molecular weight excluding hydrogens is 414 g/mol. The molecule has 0 bridgehead atoms. The van der Waals surface area contributed by atoms with Crippen LogP contribution in [-0.2, 0) is 9.59 Å². The summed E-state index contributed by atoms with van der Waals surface area (Å²) in [5.41, 5.74) is 3.82. The maximum absolute atomic E-state index is 12.6. The van der Waals surface area contributed by atoms with E-state index < -0.39 is 0 Å². The Hall–Kier alpha value is -2.64. The number of rotatable bonds is 8. The predicted molar refractivity (Wildman–Crippen MR) is 126 cm³/mol. The number of carbonyl (C=O) groups is 2. The summed E-state index contributed by atoms with van der Waals surface area (Å²) < 4.78 is 0. The number of hydrogen-bond acceptors (Lipinski definition) is 5. The van der Waals surface area contributed by atoms with E-state index in [1.807, 2.05) is 74.7 Å². The number of aryl methyl sites for hydroxylation is 1. The first kappa shape index (κ1) is 22.1. The highest BCUT2D eigenvalue weighted by Gasteiger charge is 2.17. The highest BCUT2D eigenvalue weighted by molar-refractivity contribution is 8.00. The molecule has 0 aliphatic heterocycles. The zero-order chi connectivity index (χ0) is 21.5. The van der Waals surface area contributed by atoms with Gasteiger partial charge in [0.1, 0.15) is 0 Å². The number of aromatic nitrogens is 1. The van der Waals surface area contributed by atoms with Crippen LogP contribution in [0.5, 0.6) is 0 Å². The minimum absolute atomic E-state index is 0.00130. The smallest absolute Gasteiger partial charge is 0.239 e. The second-order valence-corrected chi connectivity index (χ2v) is 9.25. The molecule has 2 N–H and O–H groups in total. The van der Waals surface area contributed by atoms with E-state index in [1.165, 1.54) is 28.7 Å². The van der Waals surface area contributed by atoms with Gasteiger partial charge in [0.15, 0.2) is 5.13 Å². The molecule has 0 spiro atoms. The van der Waals surface area contributed by atoms with E-state index in [0.29, 0.717) is 11.6 Å². The predicted octanol–water partition coefficient (Wildman–Crippen LogP) is 5.98. The summed E-state index contributed by atoms with van der Waals surface area (Å²) >= 11 is 2.86. The number of thiazole rings is 1. The lowest BCUT2D eigenvalue weighted by molar-refractivity contribution is -0.116. The molecule has 1 aromatic heterocycles. The van der Waals surface area contributed by atoms with E-state index in [-0.39, 0.29) is 17.1 Å². The second kappa shape index (κ2) is 10.4. The van der Waals surface area contributed by atoms with E-state index in [9.17, 15) is 9.59 Å². The molecule has 1 unspecified atom stereocenters. The van der Waals surface area contributed by atoms with Gasteiger partial charge in [0.2, 0.25) is 11.8 Å². The van der Waals surface area contributed by atoms with Crippen molar-refractivity contribution in [2.45, 2.75) is 43.8 Å². The highest BCUT2D eigenvalue weighted by atomic mass is 32.2. The second-order valence-electron chi connectivity index (χ2n) is 6.98. The van der Waals surface area contributed by atoms with Crippen molar-refractivity contribution in [3.8, 4) is 11.3 Å². The van der Waals surface area contributed by atoms with E-state index in [4.69, 9.17) is 0 Å². The summed E-state index contributed by atoms with van der Waals surface area (Å²) in [6.45, 7) is 5.87. The maximum Gasteiger partial charge on any atom is 0.239 e. The van der Waals surface area contributed by atoms with Crippen LogP contribution in [0.15, 0.2) is 58.8 Å². The molecule has 2 amide bonds. The van der Waals surface area contributed by atoms with Crippen molar-refractivity contribution in [3.05, 3.63) is 59.5 Å². The summed E-state index contributed by atoms with van der Waals surface area (Å²) in [4.78, 5) is 29.9. The van der Waals surface area contributed by atoms with Crippen molar-refractivity contribution in [2.75, 3.05) is 10.6 Å². The van der Waals surface area contributed by atoms with Crippen LogP contribution >= 0.6 is 23.1 Å². The zero-order valence-corrected chi connectivity index (χ0v) is 18.9. The average molecular weight is 440 g/mol. The van der Waals surface area contributed by atoms with Crippen molar-refractivity contribution in [3.63, 3.8) is 0 Å². The van der Waals surface area contributed by atoms with Crippen molar-refractivity contribution < 1.29 is 9.59 Å². The van der Waals surface area contributed by atoms with Gasteiger partial charge in [-0.05, 0) is 38.5 Å². The van der Waals surface area contributed by atoms with Crippen LogP contribution in [-0.4, -0.2) is 22.0 Å². The van der Waals surface area contributed by atoms with Gasteiger partial charge >= 0.3 is 0 Å². The third kappa shape index (κ3) is 6.18. The Bertz CT molecular complexity index is 1020. The van der Waals surface area contributed by atoms with Gasteiger partial charge in [0.25, 0.3) is 0 Å². The van der Waals surface area contributed by atoms with Crippen LogP contribution in [0.4, 0.5) is 10.8 Å². The topological polar surface area (TPSA) is 71.1 Å². The van der Waals surface area contributed by atoms with Gasteiger partial charge in [0.05, 0.1) is 10.9 Å². The lowest BCUT2D eigenvalue weighted by atomic mass is 10.1.